The Kier molecular flexibility index (Phi) is 7.12. The van der Waals surface area contributed by atoms with E-state index >= 15 is 0 Å². The lowest BCUT2D eigenvalue weighted by Crippen LogP contribution is -2.50. The summed E-state index contributed by atoms with van der Waals surface area (Å²) in [5.41, 5.74) is 0.718. The van der Waals surface area contributed by atoms with Gasteiger partial charge in [-0.3, -0.25) is 9.59 Å². The van der Waals surface area contributed by atoms with Crippen LogP contribution in [0.5, 0.6) is 5.75 Å². The van der Waals surface area contributed by atoms with Crippen LogP contribution in [0.3, 0.4) is 0 Å². The summed E-state index contributed by atoms with van der Waals surface area (Å²) < 4.78 is 67.3. The Labute approximate surface area is 188 Å². The number of nitrogens with one attached hydrogen (secondary N) is 1. The number of rotatable bonds is 6. The predicted molar refractivity (Wildman–Crippen MR) is 111 cm³/mol. The topological polar surface area (TPSA) is 113 Å². The van der Waals surface area contributed by atoms with Crippen molar-refractivity contribution in [1.82, 2.24) is 19.2 Å². The first-order valence-corrected chi connectivity index (χ1v) is 11.5. The van der Waals surface area contributed by atoms with E-state index in [1.54, 1.807) is 13.8 Å². The molecule has 3 rings (SSSR count). The summed E-state index contributed by atoms with van der Waals surface area (Å²) in [4.78, 5) is 32.8. The van der Waals surface area contributed by atoms with Crippen LogP contribution in [0.15, 0.2) is 34.0 Å². The van der Waals surface area contributed by atoms with Crippen LogP contribution < -0.4 is 10.3 Å². The molecule has 1 saturated heterocycles. The SMILES string of the molecule is Cc1nc(C)c(CCC(=O)N2CCN(S(=O)(=O)c3ccc(OC(F)(F)F)cc3)CC2)c(=O)[nH]1. The maximum absolute atomic E-state index is 12.8. The van der Waals surface area contributed by atoms with Gasteiger partial charge in [0.25, 0.3) is 5.56 Å². The zero-order chi connectivity index (χ0) is 24.4. The fourth-order valence-electron chi connectivity index (χ4n) is 3.58. The number of aryl methyl sites for hydroxylation is 2. The Bertz CT molecular complexity index is 1170. The predicted octanol–water partition coefficient (Wildman–Crippen LogP) is 1.75. The minimum absolute atomic E-state index is 0.0422. The third-order valence-corrected chi connectivity index (χ3v) is 7.13. The van der Waals surface area contributed by atoms with Crippen LogP contribution in [0.4, 0.5) is 13.2 Å². The van der Waals surface area contributed by atoms with Gasteiger partial charge in [0.05, 0.1) is 4.90 Å². The van der Waals surface area contributed by atoms with Crippen molar-refractivity contribution in [3.63, 3.8) is 0 Å². The van der Waals surface area contributed by atoms with Gasteiger partial charge in [-0.05, 0) is 44.5 Å². The van der Waals surface area contributed by atoms with Crippen molar-refractivity contribution in [2.75, 3.05) is 26.2 Å². The summed E-state index contributed by atoms with van der Waals surface area (Å²) in [5.74, 6) is -0.234. The summed E-state index contributed by atoms with van der Waals surface area (Å²) in [6.45, 7) is 3.78. The molecule has 0 aliphatic carbocycles. The molecule has 0 atom stereocenters. The molecule has 1 N–H and O–H groups in total. The Morgan fingerprint density at radius 3 is 2.27 bits per heavy atom. The van der Waals surface area contributed by atoms with E-state index in [2.05, 4.69) is 14.7 Å². The Morgan fingerprint density at radius 2 is 1.73 bits per heavy atom. The highest BCUT2D eigenvalue weighted by atomic mass is 32.2. The first-order chi connectivity index (χ1) is 15.4. The zero-order valence-corrected chi connectivity index (χ0v) is 18.8. The quantitative estimate of drug-likeness (QED) is 0.663. The average Bonchev–Trinajstić information content (AvgIpc) is 2.72. The number of alkyl halides is 3. The number of nitrogens with zero attached hydrogens (tertiary/aromatic N) is 3. The molecule has 0 spiro atoms. The number of hydrogen-bond acceptors (Lipinski definition) is 6. The van der Waals surface area contributed by atoms with Gasteiger partial charge < -0.3 is 14.6 Å². The minimum Gasteiger partial charge on any atom is -0.406 e. The van der Waals surface area contributed by atoms with E-state index in [9.17, 15) is 31.2 Å². The van der Waals surface area contributed by atoms with Crippen molar-refractivity contribution in [3.05, 3.63) is 51.7 Å². The van der Waals surface area contributed by atoms with E-state index in [1.807, 2.05) is 0 Å². The fourth-order valence-corrected chi connectivity index (χ4v) is 5.00. The Hall–Kier alpha value is -2.93. The van der Waals surface area contributed by atoms with E-state index in [1.165, 1.54) is 9.21 Å². The molecule has 180 valence electrons. The van der Waals surface area contributed by atoms with Crippen LogP contribution >= 0.6 is 0 Å². The molecule has 1 aromatic carbocycles. The zero-order valence-electron chi connectivity index (χ0n) is 18.0. The highest BCUT2D eigenvalue weighted by Crippen LogP contribution is 2.25. The number of hydrogen-bond donors (Lipinski definition) is 1. The molecular weight excluding hydrogens is 465 g/mol. The van der Waals surface area contributed by atoms with E-state index in [0.717, 1.165) is 24.3 Å². The second-order valence-electron chi connectivity index (χ2n) is 7.52. The van der Waals surface area contributed by atoms with Gasteiger partial charge in [0.2, 0.25) is 15.9 Å². The monoisotopic (exact) mass is 488 g/mol. The fraction of sp³-hybridized carbons (Fsp3) is 0.450. The molecule has 1 fully saturated rings. The molecule has 2 aromatic rings. The van der Waals surface area contributed by atoms with Crippen molar-refractivity contribution in [2.24, 2.45) is 0 Å². The van der Waals surface area contributed by atoms with Crippen LogP contribution in [0.25, 0.3) is 0 Å². The first-order valence-electron chi connectivity index (χ1n) is 10.1. The summed E-state index contributed by atoms with van der Waals surface area (Å²) in [6.07, 6.45) is -4.56. The van der Waals surface area contributed by atoms with Crippen LogP contribution in [0.2, 0.25) is 0 Å². The second kappa shape index (κ2) is 9.51. The molecule has 1 aliphatic rings. The van der Waals surface area contributed by atoms with Gasteiger partial charge >= 0.3 is 6.36 Å². The maximum atomic E-state index is 12.8. The normalized spacial score (nSPS) is 15.5. The average molecular weight is 488 g/mol. The number of amides is 1. The minimum atomic E-state index is -4.87. The molecule has 13 heteroatoms. The lowest BCUT2D eigenvalue weighted by Gasteiger charge is -2.34. The summed E-state index contributed by atoms with van der Waals surface area (Å²) >= 11 is 0. The third-order valence-electron chi connectivity index (χ3n) is 5.22. The van der Waals surface area contributed by atoms with E-state index < -0.39 is 22.1 Å². The van der Waals surface area contributed by atoms with Crippen molar-refractivity contribution in [3.8, 4) is 5.75 Å². The van der Waals surface area contributed by atoms with Gasteiger partial charge in [-0.1, -0.05) is 0 Å². The van der Waals surface area contributed by atoms with Crippen molar-refractivity contribution in [2.45, 2.75) is 37.9 Å². The molecular formula is C20H23F3N4O5S. The number of carbonyl (C=O) groups is 1. The lowest BCUT2D eigenvalue weighted by molar-refractivity contribution is -0.274. The molecule has 0 radical (unpaired) electrons. The van der Waals surface area contributed by atoms with Crippen LogP contribution in [0, 0.1) is 13.8 Å². The number of aromatic amines is 1. The smallest absolute Gasteiger partial charge is 0.406 e. The highest BCUT2D eigenvalue weighted by molar-refractivity contribution is 7.89. The number of H-pyrrole nitrogens is 1. The number of ether oxygens (including phenoxy) is 1. The molecule has 1 amide bonds. The number of benzene rings is 1. The first kappa shape index (κ1) is 24.7. The van der Waals surface area contributed by atoms with Gasteiger partial charge in [0, 0.05) is 43.9 Å². The van der Waals surface area contributed by atoms with Crippen molar-refractivity contribution in [1.29, 1.82) is 0 Å². The van der Waals surface area contributed by atoms with Gasteiger partial charge in [-0.2, -0.15) is 4.31 Å². The molecule has 1 aliphatic heterocycles. The largest absolute Gasteiger partial charge is 0.573 e. The molecule has 9 nitrogen and oxygen atoms in total. The molecule has 1 aromatic heterocycles. The lowest BCUT2D eigenvalue weighted by atomic mass is 10.1. The molecule has 0 bridgehead atoms. The van der Waals surface area contributed by atoms with Gasteiger partial charge in [0.1, 0.15) is 11.6 Å². The molecule has 0 unspecified atom stereocenters. The van der Waals surface area contributed by atoms with Crippen molar-refractivity contribution < 1.29 is 31.1 Å². The standard InChI is InChI=1S/C20H23F3N4O5S/c1-13-17(19(29)25-14(2)24-13)7-8-18(28)26-9-11-27(12-10-26)33(30,31)16-5-3-15(4-6-16)32-20(21,22)23/h3-6H,7-12H2,1-2H3,(H,24,25,29). The second-order valence-corrected chi connectivity index (χ2v) is 9.46. The molecule has 2 heterocycles. The van der Waals surface area contributed by atoms with E-state index in [0.29, 0.717) is 17.1 Å². The van der Waals surface area contributed by atoms with Crippen LogP contribution in [-0.4, -0.2) is 66.0 Å². The summed E-state index contributed by atoms with van der Waals surface area (Å²) in [5, 5.41) is 0. The van der Waals surface area contributed by atoms with E-state index in [-0.39, 0.29) is 55.4 Å². The van der Waals surface area contributed by atoms with E-state index in [4.69, 9.17) is 0 Å². The van der Waals surface area contributed by atoms with Gasteiger partial charge in [0.15, 0.2) is 0 Å². The number of aromatic nitrogens is 2. The third kappa shape index (κ3) is 6.11. The number of halogens is 3. The van der Waals surface area contributed by atoms with Crippen molar-refractivity contribution >= 4 is 15.9 Å². The maximum Gasteiger partial charge on any atom is 0.573 e. The molecule has 33 heavy (non-hydrogen) atoms. The summed E-state index contributed by atoms with van der Waals surface area (Å²) in [7, 11) is -3.94. The Morgan fingerprint density at radius 1 is 1.12 bits per heavy atom. The van der Waals surface area contributed by atoms with Gasteiger partial charge in [-0.15, -0.1) is 13.2 Å². The summed E-state index contributed by atoms with van der Waals surface area (Å²) in [6, 6.07) is 3.96. The van der Waals surface area contributed by atoms with Gasteiger partial charge in [-0.25, -0.2) is 13.4 Å². The molecule has 0 saturated carbocycles. The number of piperazine rings is 1. The van der Waals surface area contributed by atoms with Crippen LogP contribution in [0.1, 0.15) is 23.5 Å². The number of carbonyl (C=O) groups excluding carboxylic acids is 1. The number of sulfonamides is 1. The highest BCUT2D eigenvalue weighted by Gasteiger charge is 2.32. The Balaban J connectivity index is 1.57. The van der Waals surface area contributed by atoms with Crippen LogP contribution in [-0.2, 0) is 21.2 Å².